The number of anilines is 1. The molecule has 280 valence electrons. The van der Waals surface area contributed by atoms with E-state index in [1.807, 2.05) is 19.1 Å². The number of unbranched alkanes of at least 4 members (excludes halogenated alkanes) is 4. The lowest BCUT2D eigenvalue weighted by molar-refractivity contribution is 0.0506. The summed E-state index contributed by atoms with van der Waals surface area (Å²) in [7, 11) is 0. The number of rotatable bonds is 25. The Morgan fingerprint density at radius 1 is 0.725 bits per heavy atom. The van der Waals surface area contributed by atoms with Crippen LogP contribution in [0.25, 0.3) is 0 Å². The fraction of sp³-hybridized carbons (Fsp3) is 0.605. The lowest BCUT2D eigenvalue weighted by atomic mass is 9.95. The molecule has 0 aliphatic heterocycles. The molecule has 0 aliphatic carbocycles. The Kier molecular flexibility index (Phi) is 19.7. The molecular weight excluding hydrogens is 651 g/mol. The van der Waals surface area contributed by atoms with Crippen LogP contribution in [0.5, 0.6) is 0 Å². The van der Waals surface area contributed by atoms with Crippen molar-refractivity contribution in [2.24, 2.45) is 32.3 Å². The lowest BCUT2D eigenvalue weighted by Crippen LogP contribution is -2.34. The van der Waals surface area contributed by atoms with Crippen molar-refractivity contribution in [2.75, 3.05) is 24.6 Å². The van der Waals surface area contributed by atoms with Crippen LogP contribution in [0.15, 0.2) is 69.0 Å². The predicted molar refractivity (Wildman–Crippen MR) is 218 cm³/mol. The van der Waals surface area contributed by atoms with E-state index in [4.69, 9.17) is 9.85 Å². The molecule has 2 unspecified atom stereocenters. The summed E-state index contributed by atoms with van der Waals surface area (Å²) in [4.78, 5) is 15.7. The van der Waals surface area contributed by atoms with Crippen molar-refractivity contribution in [3.05, 3.63) is 65.2 Å². The number of nitrogens with zero attached hydrogens (tertiary/aromatic N) is 5. The van der Waals surface area contributed by atoms with E-state index >= 15 is 0 Å². The summed E-state index contributed by atoms with van der Waals surface area (Å²) in [6.07, 6.45) is 16.3. The molecule has 0 saturated carbocycles. The van der Waals surface area contributed by atoms with E-state index in [-0.39, 0.29) is 0 Å². The summed E-state index contributed by atoms with van der Waals surface area (Å²) in [5, 5.41) is 19.3. The molecule has 0 saturated heterocycles. The third kappa shape index (κ3) is 14.3. The number of hydrogen-bond donors (Lipinski definition) is 0. The Hall–Kier alpha value is -3.39. The van der Waals surface area contributed by atoms with E-state index in [2.05, 4.69) is 92.1 Å². The highest BCUT2D eigenvalue weighted by Crippen LogP contribution is 2.39. The highest BCUT2D eigenvalue weighted by molar-refractivity contribution is 7.19. The van der Waals surface area contributed by atoms with Gasteiger partial charge in [-0.2, -0.15) is 0 Å². The molecule has 0 aliphatic rings. The van der Waals surface area contributed by atoms with Gasteiger partial charge in [0.1, 0.15) is 10.6 Å². The normalized spacial score (nSPS) is 12.9. The Morgan fingerprint density at radius 2 is 1.39 bits per heavy atom. The topological polar surface area (TPSA) is 79.0 Å². The smallest absolute Gasteiger partial charge is 0.341 e. The van der Waals surface area contributed by atoms with Crippen LogP contribution >= 0.6 is 11.3 Å². The minimum absolute atomic E-state index is 0.347. The fourth-order valence-corrected chi connectivity index (χ4v) is 7.11. The molecule has 0 N–H and O–H groups in total. The summed E-state index contributed by atoms with van der Waals surface area (Å²) >= 11 is 1.30. The second kappa shape index (κ2) is 24.0. The molecule has 1 heterocycles. The van der Waals surface area contributed by atoms with Crippen LogP contribution in [-0.2, 0) is 17.6 Å². The minimum atomic E-state index is -0.413. The van der Waals surface area contributed by atoms with Gasteiger partial charge in [-0.05, 0) is 97.9 Å². The van der Waals surface area contributed by atoms with Gasteiger partial charge < -0.3 is 9.64 Å². The van der Waals surface area contributed by atoms with E-state index in [1.165, 1.54) is 93.2 Å². The number of aryl methyl sites for hydroxylation is 2. The van der Waals surface area contributed by atoms with Crippen molar-refractivity contribution in [1.82, 2.24) is 0 Å². The lowest BCUT2D eigenvalue weighted by Gasteiger charge is -2.33. The second-order valence-corrected chi connectivity index (χ2v) is 14.9. The molecule has 51 heavy (non-hydrogen) atoms. The summed E-state index contributed by atoms with van der Waals surface area (Å²) in [6, 6.07) is 16.6. The molecule has 8 heteroatoms. The van der Waals surface area contributed by atoms with E-state index in [0.29, 0.717) is 34.0 Å². The molecule has 2 aromatic carbocycles. The highest BCUT2D eigenvalue weighted by atomic mass is 32.1. The first-order valence-electron chi connectivity index (χ1n) is 20.0. The number of thiophene rings is 1. The molecule has 3 aromatic rings. The van der Waals surface area contributed by atoms with Crippen LogP contribution < -0.4 is 4.90 Å². The van der Waals surface area contributed by atoms with Gasteiger partial charge in [0.05, 0.1) is 18.0 Å². The predicted octanol–water partition coefficient (Wildman–Crippen LogP) is 14.7. The van der Waals surface area contributed by atoms with Gasteiger partial charge in [0.2, 0.25) is 0 Å². The fourth-order valence-electron chi connectivity index (χ4n) is 6.32. The third-order valence-electron chi connectivity index (χ3n) is 9.73. The first kappa shape index (κ1) is 42.0. The van der Waals surface area contributed by atoms with Gasteiger partial charge in [-0.1, -0.05) is 123 Å². The molecule has 0 amide bonds. The monoisotopic (exact) mass is 715 g/mol. The van der Waals surface area contributed by atoms with Crippen molar-refractivity contribution in [3.63, 3.8) is 0 Å². The van der Waals surface area contributed by atoms with Crippen LogP contribution in [0.3, 0.4) is 0 Å². The first-order chi connectivity index (χ1) is 24.9. The van der Waals surface area contributed by atoms with Gasteiger partial charge in [-0.15, -0.1) is 20.5 Å². The number of ether oxygens (including phenoxy) is 1. The van der Waals surface area contributed by atoms with Gasteiger partial charge in [0.25, 0.3) is 0 Å². The molecule has 0 spiro atoms. The van der Waals surface area contributed by atoms with Crippen molar-refractivity contribution in [2.45, 2.75) is 138 Å². The van der Waals surface area contributed by atoms with Gasteiger partial charge >= 0.3 is 5.97 Å². The van der Waals surface area contributed by atoms with Crippen molar-refractivity contribution < 1.29 is 9.53 Å². The Bertz CT molecular complexity index is 1460. The zero-order valence-electron chi connectivity index (χ0n) is 32.8. The largest absolute Gasteiger partial charge is 0.462 e. The molecule has 0 fully saturated rings. The third-order valence-corrected chi connectivity index (χ3v) is 10.6. The van der Waals surface area contributed by atoms with Crippen LogP contribution in [0.2, 0.25) is 0 Å². The van der Waals surface area contributed by atoms with E-state index in [0.717, 1.165) is 49.3 Å². The molecule has 3 rings (SSSR count). The first-order valence-corrected chi connectivity index (χ1v) is 20.8. The van der Waals surface area contributed by atoms with Crippen LogP contribution in [0.1, 0.15) is 147 Å². The number of carbonyl (C=O) groups excluding carboxylic acids is 1. The quantitative estimate of drug-likeness (QED) is 0.0497. The van der Waals surface area contributed by atoms with Crippen LogP contribution in [0, 0.1) is 11.8 Å². The number of hydrogen-bond acceptors (Lipinski definition) is 8. The molecule has 2 atom stereocenters. The number of carbonyl (C=O) groups is 1. The standard InChI is InChI=1S/C43H65N5O2S/c1-8-15-18-21-35-22-24-37(25-23-35)44-46-41-30-39(43(49)50-28-11-4)42(51-41)47-45-40-27-26-38(29-36(40)14-7)48(31-33(12-5)19-16-9-2)32-34(13-6)20-17-10-3/h22-27,29-30,33-34H,8-21,28,31-32H2,1-7H3. The Morgan fingerprint density at radius 3 is 1.98 bits per heavy atom. The maximum Gasteiger partial charge on any atom is 0.341 e. The van der Waals surface area contributed by atoms with E-state index in [9.17, 15) is 4.79 Å². The molecule has 7 nitrogen and oxygen atoms in total. The molecular formula is C43H65N5O2S. The minimum Gasteiger partial charge on any atom is -0.462 e. The highest BCUT2D eigenvalue weighted by Gasteiger charge is 2.20. The van der Waals surface area contributed by atoms with E-state index in [1.54, 1.807) is 6.07 Å². The van der Waals surface area contributed by atoms with Crippen molar-refractivity contribution >= 4 is 44.4 Å². The zero-order valence-corrected chi connectivity index (χ0v) is 33.6. The SMILES string of the molecule is CCCCCc1ccc(N=Nc2cc(C(=O)OCCC)c(N=Nc3ccc(N(CC(CC)CCCC)CC(CC)CCCC)cc3CC)s2)cc1. The molecule has 0 bridgehead atoms. The molecule has 0 radical (unpaired) electrons. The molecule has 1 aromatic heterocycles. The van der Waals surface area contributed by atoms with Gasteiger partial charge in [0, 0.05) is 18.8 Å². The van der Waals surface area contributed by atoms with Crippen LogP contribution in [-0.4, -0.2) is 25.7 Å². The zero-order chi connectivity index (χ0) is 36.8. The summed E-state index contributed by atoms with van der Waals surface area (Å²) < 4.78 is 5.51. The average molecular weight is 716 g/mol. The van der Waals surface area contributed by atoms with Gasteiger partial charge in [-0.25, -0.2) is 4.79 Å². The number of azo groups is 2. The Balaban J connectivity index is 1.89. The van der Waals surface area contributed by atoms with Gasteiger partial charge in [-0.3, -0.25) is 0 Å². The average Bonchev–Trinajstić information content (AvgIpc) is 3.58. The van der Waals surface area contributed by atoms with E-state index < -0.39 is 5.97 Å². The Labute approximate surface area is 313 Å². The van der Waals surface area contributed by atoms with Crippen molar-refractivity contribution in [3.8, 4) is 0 Å². The van der Waals surface area contributed by atoms with Crippen molar-refractivity contribution in [1.29, 1.82) is 0 Å². The maximum atomic E-state index is 13.1. The number of esters is 1. The number of benzene rings is 2. The second-order valence-electron chi connectivity index (χ2n) is 13.9. The maximum absolute atomic E-state index is 13.1. The van der Waals surface area contributed by atoms with Crippen LogP contribution in [0.4, 0.5) is 27.1 Å². The summed E-state index contributed by atoms with van der Waals surface area (Å²) in [5.41, 5.74) is 5.69. The summed E-state index contributed by atoms with van der Waals surface area (Å²) in [6.45, 7) is 18.1. The van der Waals surface area contributed by atoms with Gasteiger partial charge in [0.15, 0.2) is 5.00 Å². The summed E-state index contributed by atoms with van der Waals surface area (Å²) in [5.74, 6) is 0.955.